The fourth-order valence-electron chi connectivity index (χ4n) is 2.68. The van der Waals surface area contributed by atoms with Gasteiger partial charge in [0.25, 0.3) is 0 Å². The van der Waals surface area contributed by atoms with Gasteiger partial charge in [0.15, 0.2) is 0 Å². The van der Waals surface area contributed by atoms with E-state index in [1.807, 2.05) is 41.9 Å². The minimum atomic E-state index is -1.17. The van der Waals surface area contributed by atoms with Crippen LogP contribution in [0.3, 0.4) is 0 Å². The summed E-state index contributed by atoms with van der Waals surface area (Å²) in [5.41, 5.74) is 3.64. The first kappa shape index (κ1) is 19.3. The van der Waals surface area contributed by atoms with E-state index in [1.165, 1.54) is 0 Å². The number of rotatable bonds is 7. The zero-order valence-corrected chi connectivity index (χ0v) is 16.5. The molecule has 1 heterocycles. The van der Waals surface area contributed by atoms with Gasteiger partial charge in [-0.3, -0.25) is 0 Å². The SMILES string of the molecule is CN(Cc1cncn1Cc1ccc(C#N)cc1)S(=O)Cc1cccc(Cl)c1. The molecule has 1 aromatic heterocycles. The van der Waals surface area contributed by atoms with E-state index in [0.717, 1.165) is 16.8 Å². The maximum atomic E-state index is 12.6. The maximum Gasteiger partial charge on any atom is 0.0991 e. The smallest absolute Gasteiger partial charge is 0.0991 e. The molecule has 2 aromatic carbocycles. The third kappa shape index (κ3) is 5.27. The van der Waals surface area contributed by atoms with Crippen LogP contribution in [0.25, 0.3) is 0 Å². The van der Waals surface area contributed by atoms with Crippen LogP contribution < -0.4 is 0 Å². The van der Waals surface area contributed by atoms with Crippen LogP contribution in [-0.2, 0) is 29.8 Å². The summed E-state index contributed by atoms with van der Waals surface area (Å²) in [6, 6.07) is 17.0. The zero-order chi connectivity index (χ0) is 19.2. The summed E-state index contributed by atoms with van der Waals surface area (Å²) < 4.78 is 16.4. The molecule has 5 nitrogen and oxygen atoms in total. The summed E-state index contributed by atoms with van der Waals surface area (Å²) in [7, 11) is 0.663. The number of hydrogen-bond donors (Lipinski definition) is 0. The summed E-state index contributed by atoms with van der Waals surface area (Å²) in [4.78, 5) is 4.23. The van der Waals surface area contributed by atoms with E-state index in [4.69, 9.17) is 16.9 Å². The first-order chi connectivity index (χ1) is 13.0. The lowest BCUT2D eigenvalue weighted by molar-refractivity contribution is 0.499. The molecule has 3 rings (SSSR count). The van der Waals surface area contributed by atoms with Gasteiger partial charge in [0.1, 0.15) is 0 Å². The number of nitrogens with zero attached hydrogens (tertiary/aromatic N) is 4. The monoisotopic (exact) mass is 398 g/mol. The summed E-state index contributed by atoms with van der Waals surface area (Å²) >= 11 is 6.00. The van der Waals surface area contributed by atoms with Crippen molar-refractivity contribution < 1.29 is 4.21 Å². The molecule has 0 amide bonds. The highest BCUT2D eigenvalue weighted by Crippen LogP contribution is 2.15. The zero-order valence-electron chi connectivity index (χ0n) is 14.9. The molecule has 0 radical (unpaired) electrons. The van der Waals surface area contributed by atoms with Gasteiger partial charge in [-0.2, -0.15) is 5.26 Å². The second-order valence-corrected chi connectivity index (χ2v) is 8.19. The molecule has 1 unspecified atom stereocenters. The van der Waals surface area contributed by atoms with Crippen molar-refractivity contribution in [2.24, 2.45) is 0 Å². The molecule has 0 saturated heterocycles. The number of hydrogen-bond acceptors (Lipinski definition) is 3. The Hall–Kier alpha value is -2.46. The second-order valence-electron chi connectivity index (χ2n) is 6.20. The lowest BCUT2D eigenvalue weighted by atomic mass is 10.1. The van der Waals surface area contributed by atoms with E-state index in [9.17, 15) is 4.21 Å². The van der Waals surface area contributed by atoms with Crippen molar-refractivity contribution in [3.8, 4) is 6.07 Å². The molecule has 0 aliphatic rings. The van der Waals surface area contributed by atoms with Gasteiger partial charge in [-0.05, 0) is 35.4 Å². The van der Waals surface area contributed by atoms with Crippen molar-refractivity contribution >= 4 is 22.6 Å². The molecular formula is C20H19ClN4OS. The van der Waals surface area contributed by atoms with Gasteiger partial charge in [0.2, 0.25) is 0 Å². The molecule has 0 spiro atoms. The molecule has 0 aliphatic heterocycles. The Bertz CT molecular complexity index is 978. The predicted octanol–water partition coefficient (Wildman–Crippen LogP) is 3.75. The molecule has 7 heteroatoms. The topological polar surface area (TPSA) is 61.9 Å². The van der Waals surface area contributed by atoms with Crippen molar-refractivity contribution in [3.05, 3.63) is 88.5 Å². The number of halogens is 1. The molecular weight excluding hydrogens is 380 g/mol. The highest BCUT2D eigenvalue weighted by molar-refractivity contribution is 7.81. The Labute approximate surface area is 166 Å². The molecule has 27 heavy (non-hydrogen) atoms. The average molecular weight is 399 g/mol. The Morgan fingerprint density at radius 3 is 2.70 bits per heavy atom. The fraction of sp³-hybridized carbons (Fsp3) is 0.200. The second kappa shape index (κ2) is 8.96. The molecule has 0 bridgehead atoms. The Morgan fingerprint density at radius 1 is 1.22 bits per heavy atom. The van der Waals surface area contributed by atoms with Gasteiger partial charge in [-0.25, -0.2) is 13.5 Å². The Morgan fingerprint density at radius 2 is 2.00 bits per heavy atom. The van der Waals surface area contributed by atoms with Gasteiger partial charge in [-0.1, -0.05) is 35.9 Å². The van der Waals surface area contributed by atoms with Crippen LogP contribution in [0, 0.1) is 11.3 Å². The average Bonchev–Trinajstić information content (AvgIpc) is 3.09. The molecule has 0 N–H and O–H groups in total. The van der Waals surface area contributed by atoms with E-state index in [2.05, 4.69) is 11.1 Å². The molecule has 3 aromatic rings. The van der Waals surface area contributed by atoms with Crippen LogP contribution in [0.2, 0.25) is 5.02 Å². The van der Waals surface area contributed by atoms with Crippen molar-refractivity contribution in [2.75, 3.05) is 7.05 Å². The number of aromatic nitrogens is 2. The lowest BCUT2D eigenvalue weighted by Gasteiger charge is -2.17. The number of imidazole rings is 1. The van der Waals surface area contributed by atoms with Crippen LogP contribution >= 0.6 is 11.6 Å². The van der Waals surface area contributed by atoms with Gasteiger partial charge >= 0.3 is 0 Å². The standard InChI is InChI=1S/C20H19ClN4OS/c1-24(27(26)14-18-3-2-4-19(21)9-18)13-20-11-23-15-25(20)12-17-7-5-16(10-22)6-8-17/h2-9,11,15H,12-14H2,1H3. The van der Waals surface area contributed by atoms with E-state index in [0.29, 0.717) is 29.4 Å². The minimum absolute atomic E-state index is 0.417. The fourth-order valence-corrected chi connectivity index (χ4v) is 3.86. The van der Waals surface area contributed by atoms with Crippen LogP contribution in [0.1, 0.15) is 22.4 Å². The molecule has 0 saturated carbocycles. The van der Waals surface area contributed by atoms with Crippen LogP contribution in [0.5, 0.6) is 0 Å². The Kier molecular flexibility index (Phi) is 6.40. The Balaban J connectivity index is 1.64. The molecule has 138 valence electrons. The van der Waals surface area contributed by atoms with Gasteiger partial charge in [0, 0.05) is 24.8 Å². The highest BCUT2D eigenvalue weighted by atomic mass is 35.5. The summed E-state index contributed by atoms with van der Waals surface area (Å²) in [5, 5.41) is 9.54. The minimum Gasteiger partial charge on any atom is -0.329 e. The van der Waals surface area contributed by atoms with E-state index >= 15 is 0 Å². The number of benzene rings is 2. The van der Waals surface area contributed by atoms with Crippen molar-refractivity contribution in [3.63, 3.8) is 0 Å². The quantitative estimate of drug-likeness (QED) is 0.608. The third-order valence-electron chi connectivity index (χ3n) is 4.15. The van der Waals surface area contributed by atoms with E-state index in [1.54, 1.807) is 35.0 Å². The van der Waals surface area contributed by atoms with Gasteiger partial charge in [-0.15, -0.1) is 0 Å². The van der Waals surface area contributed by atoms with Crippen molar-refractivity contribution in [1.29, 1.82) is 5.26 Å². The summed E-state index contributed by atoms with van der Waals surface area (Å²) in [6.07, 6.45) is 3.55. The number of nitriles is 1. The normalized spacial score (nSPS) is 12.1. The summed E-state index contributed by atoms with van der Waals surface area (Å²) in [6.45, 7) is 1.17. The van der Waals surface area contributed by atoms with Crippen molar-refractivity contribution in [1.82, 2.24) is 13.9 Å². The van der Waals surface area contributed by atoms with Crippen LogP contribution in [-0.4, -0.2) is 25.1 Å². The molecule has 1 atom stereocenters. The first-order valence-electron chi connectivity index (χ1n) is 8.37. The van der Waals surface area contributed by atoms with E-state index in [-0.39, 0.29) is 0 Å². The third-order valence-corrected chi connectivity index (χ3v) is 5.79. The largest absolute Gasteiger partial charge is 0.329 e. The highest BCUT2D eigenvalue weighted by Gasteiger charge is 2.13. The summed E-state index contributed by atoms with van der Waals surface area (Å²) in [5.74, 6) is 0.417. The lowest BCUT2D eigenvalue weighted by Crippen LogP contribution is -2.23. The molecule has 0 aliphatic carbocycles. The maximum absolute atomic E-state index is 12.6. The van der Waals surface area contributed by atoms with Gasteiger partial charge in [0.05, 0.1) is 46.9 Å². The molecule has 0 fully saturated rings. The van der Waals surface area contributed by atoms with Crippen LogP contribution in [0.4, 0.5) is 0 Å². The van der Waals surface area contributed by atoms with Gasteiger partial charge < -0.3 is 4.57 Å². The van der Waals surface area contributed by atoms with E-state index < -0.39 is 11.0 Å². The van der Waals surface area contributed by atoms with Crippen LogP contribution in [0.15, 0.2) is 61.1 Å². The van der Waals surface area contributed by atoms with Crippen molar-refractivity contribution in [2.45, 2.75) is 18.8 Å². The predicted molar refractivity (Wildman–Crippen MR) is 107 cm³/mol. The first-order valence-corrected chi connectivity index (χ1v) is 10.0.